The highest BCUT2D eigenvalue weighted by molar-refractivity contribution is 6.10. The Morgan fingerprint density at radius 1 is 1.22 bits per heavy atom. The van der Waals surface area contributed by atoms with Crippen LogP contribution in [0.15, 0.2) is 6.07 Å². The molecule has 0 radical (unpaired) electrons. The minimum absolute atomic E-state index is 0.151. The molecule has 1 aromatic carbocycles. The van der Waals surface area contributed by atoms with Gasteiger partial charge in [0.15, 0.2) is 0 Å². The number of nitrogens with two attached hydrogens (primary N) is 1. The predicted molar refractivity (Wildman–Crippen MR) is 123 cm³/mol. The molecule has 1 aliphatic heterocycles. The minimum Gasteiger partial charge on any atom is -0.444 e. The Hall–Kier alpha value is -2.77. The zero-order valence-corrected chi connectivity index (χ0v) is 19.1. The normalized spacial score (nSPS) is 19.4. The number of carbonyl (C=O) groups is 2. The molecule has 0 spiro atoms. The summed E-state index contributed by atoms with van der Waals surface area (Å²) >= 11 is 0. The fourth-order valence-electron chi connectivity index (χ4n) is 4.99. The van der Waals surface area contributed by atoms with Crippen LogP contribution < -0.4 is 16.0 Å². The third-order valence-corrected chi connectivity index (χ3v) is 6.27. The molecule has 1 aromatic heterocycles. The highest BCUT2D eigenvalue weighted by Gasteiger charge is 2.30. The van der Waals surface area contributed by atoms with Gasteiger partial charge in [0.05, 0.1) is 16.8 Å². The van der Waals surface area contributed by atoms with Gasteiger partial charge in [0, 0.05) is 30.2 Å². The maximum Gasteiger partial charge on any atom is 0.407 e. The number of hydrogen-bond acceptors (Lipinski definition) is 4. The van der Waals surface area contributed by atoms with Crippen LogP contribution in [0.4, 0.5) is 14.9 Å². The fraction of sp³-hybridized carbons (Fsp3) is 0.583. The molecule has 1 fully saturated rings. The molecule has 7 nitrogen and oxygen atoms in total. The standard InChI is InChI=1S/C24H33FN4O3/c1-24(2,3)32-23(31)27-14-8-7-11-29(13-14)21-17(25)12-16(22(26)30)20-19(21)15-9-5-4-6-10-18(15)28-20/h12,14,28H,4-11,13H2,1-3H3,(H2,26,30)(H,27,31)/t14-/m0/s1. The van der Waals surface area contributed by atoms with Crippen molar-refractivity contribution in [1.82, 2.24) is 10.3 Å². The number of carbonyl (C=O) groups excluding carboxylic acids is 2. The third kappa shape index (κ3) is 4.54. The van der Waals surface area contributed by atoms with Crippen molar-refractivity contribution in [1.29, 1.82) is 0 Å². The molecule has 0 unspecified atom stereocenters. The predicted octanol–water partition coefficient (Wildman–Crippen LogP) is 4.17. The topological polar surface area (TPSA) is 100 Å². The maximum absolute atomic E-state index is 15.5. The van der Waals surface area contributed by atoms with Crippen LogP contribution >= 0.6 is 0 Å². The van der Waals surface area contributed by atoms with Gasteiger partial charge in [-0.3, -0.25) is 4.79 Å². The van der Waals surface area contributed by atoms with E-state index in [4.69, 9.17) is 10.5 Å². The Balaban J connectivity index is 1.71. The fourth-order valence-corrected chi connectivity index (χ4v) is 4.99. The molecular formula is C24H33FN4O3. The monoisotopic (exact) mass is 444 g/mol. The van der Waals surface area contributed by atoms with Crippen molar-refractivity contribution in [2.24, 2.45) is 5.73 Å². The van der Waals surface area contributed by atoms with E-state index in [-0.39, 0.29) is 11.6 Å². The first-order chi connectivity index (χ1) is 15.1. The highest BCUT2D eigenvalue weighted by atomic mass is 19.1. The number of nitrogens with one attached hydrogen (secondary N) is 2. The van der Waals surface area contributed by atoms with E-state index >= 15 is 4.39 Å². The second-order valence-corrected chi connectivity index (χ2v) is 9.94. The SMILES string of the molecule is CC(C)(C)OC(=O)N[C@H]1CCCN(c2c(F)cc(C(N)=O)c3[nH]c4c(c23)CCCCC4)C1. The Labute approximate surface area is 187 Å². The van der Waals surface area contributed by atoms with Gasteiger partial charge in [-0.25, -0.2) is 9.18 Å². The number of aryl methyl sites for hydroxylation is 2. The van der Waals surface area contributed by atoms with Crippen LogP contribution in [0.5, 0.6) is 0 Å². The molecule has 0 saturated carbocycles. The van der Waals surface area contributed by atoms with E-state index in [9.17, 15) is 9.59 Å². The number of rotatable bonds is 3. The van der Waals surface area contributed by atoms with Gasteiger partial charge < -0.3 is 25.7 Å². The lowest BCUT2D eigenvalue weighted by Crippen LogP contribution is -2.49. The summed E-state index contributed by atoms with van der Waals surface area (Å²) in [5.41, 5.74) is 8.50. The van der Waals surface area contributed by atoms with E-state index in [0.717, 1.165) is 61.6 Å². The maximum atomic E-state index is 15.5. The number of alkyl carbamates (subject to hydrolysis) is 1. The summed E-state index contributed by atoms with van der Waals surface area (Å²) in [6.45, 7) is 6.62. The molecular weight excluding hydrogens is 411 g/mol. The van der Waals surface area contributed by atoms with Gasteiger partial charge in [-0.2, -0.15) is 0 Å². The molecule has 1 aliphatic carbocycles. The van der Waals surface area contributed by atoms with Crippen molar-refractivity contribution in [2.45, 2.75) is 77.4 Å². The van der Waals surface area contributed by atoms with Crippen molar-refractivity contribution in [3.63, 3.8) is 0 Å². The number of piperidine rings is 1. The number of benzene rings is 1. The average Bonchev–Trinajstić information content (AvgIpc) is 2.88. The van der Waals surface area contributed by atoms with Gasteiger partial charge in [0.1, 0.15) is 11.4 Å². The quantitative estimate of drug-likeness (QED) is 0.619. The molecule has 32 heavy (non-hydrogen) atoms. The molecule has 0 bridgehead atoms. The number of ether oxygens (including phenoxy) is 1. The molecule has 2 amide bonds. The van der Waals surface area contributed by atoms with E-state index in [0.29, 0.717) is 24.3 Å². The number of fused-ring (bicyclic) bond motifs is 3. The van der Waals surface area contributed by atoms with Crippen LogP contribution in [0.2, 0.25) is 0 Å². The Kier molecular flexibility index (Phi) is 6.05. The summed E-state index contributed by atoms with van der Waals surface area (Å²) < 4.78 is 20.9. The molecule has 174 valence electrons. The molecule has 2 aliphatic rings. The average molecular weight is 445 g/mol. The van der Waals surface area contributed by atoms with Gasteiger partial charge in [0.2, 0.25) is 0 Å². The summed E-state index contributed by atoms with van der Waals surface area (Å²) in [5.74, 6) is -1.09. The molecule has 2 heterocycles. The van der Waals surface area contributed by atoms with Gasteiger partial charge in [0.25, 0.3) is 5.91 Å². The zero-order valence-electron chi connectivity index (χ0n) is 19.1. The first-order valence-corrected chi connectivity index (χ1v) is 11.5. The Morgan fingerprint density at radius 3 is 2.69 bits per heavy atom. The number of aromatic nitrogens is 1. The number of aromatic amines is 1. The van der Waals surface area contributed by atoms with Gasteiger partial charge in [-0.1, -0.05) is 6.42 Å². The number of amides is 2. The number of primary amides is 1. The first kappa shape index (κ1) is 22.4. The molecule has 1 saturated heterocycles. The van der Waals surface area contributed by atoms with Gasteiger partial charge >= 0.3 is 6.09 Å². The summed E-state index contributed by atoms with van der Waals surface area (Å²) in [6, 6.07) is 1.10. The van der Waals surface area contributed by atoms with Crippen LogP contribution in [0, 0.1) is 5.82 Å². The molecule has 4 N–H and O–H groups in total. The van der Waals surface area contributed by atoms with Crippen molar-refractivity contribution >= 4 is 28.6 Å². The first-order valence-electron chi connectivity index (χ1n) is 11.5. The van der Waals surface area contributed by atoms with E-state index in [1.54, 1.807) is 0 Å². The van der Waals surface area contributed by atoms with Crippen molar-refractivity contribution in [2.75, 3.05) is 18.0 Å². The van der Waals surface area contributed by atoms with Gasteiger partial charge in [-0.05, 0) is 70.9 Å². The van der Waals surface area contributed by atoms with E-state index in [1.165, 1.54) is 6.07 Å². The lowest BCUT2D eigenvalue weighted by atomic mass is 9.98. The lowest BCUT2D eigenvalue weighted by Gasteiger charge is -2.36. The molecule has 4 rings (SSSR count). The van der Waals surface area contributed by atoms with Crippen molar-refractivity contribution < 1.29 is 18.7 Å². The van der Waals surface area contributed by atoms with Gasteiger partial charge in [-0.15, -0.1) is 0 Å². The zero-order chi connectivity index (χ0) is 23.0. The smallest absolute Gasteiger partial charge is 0.407 e. The number of halogens is 1. The van der Waals surface area contributed by atoms with E-state index < -0.39 is 23.4 Å². The van der Waals surface area contributed by atoms with E-state index in [1.807, 2.05) is 25.7 Å². The third-order valence-electron chi connectivity index (χ3n) is 6.27. The summed E-state index contributed by atoms with van der Waals surface area (Å²) in [6.07, 6.45) is 6.10. The molecule has 2 aromatic rings. The lowest BCUT2D eigenvalue weighted by molar-refractivity contribution is 0.0500. The summed E-state index contributed by atoms with van der Waals surface area (Å²) in [4.78, 5) is 29.7. The van der Waals surface area contributed by atoms with Crippen molar-refractivity contribution in [3.05, 3.63) is 28.7 Å². The highest BCUT2D eigenvalue weighted by Crippen LogP contribution is 2.39. The Morgan fingerprint density at radius 2 is 1.97 bits per heavy atom. The number of nitrogens with zero attached hydrogens (tertiary/aromatic N) is 1. The Bertz CT molecular complexity index is 1040. The van der Waals surface area contributed by atoms with Crippen LogP contribution in [-0.2, 0) is 17.6 Å². The second kappa shape index (κ2) is 8.64. The minimum atomic E-state index is -0.639. The van der Waals surface area contributed by atoms with E-state index in [2.05, 4.69) is 10.3 Å². The van der Waals surface area contributed by atoms with Crippen molar-refractivity contribution in [3.8, 4) is 0 Å². The van der Waals surface area contributed by atoms with Crippen LogP contribution in [0.1, 0.15) is 74.5 Å². The van der Waals surface area contributed by atoms with Crippen LogP contribution in [-0.4, -0.2) is 41.7 Å². The van der Waals surface area contributed by atoms with Crippen LogP contribution in [0.3, 0.4) is 0 Å². The number of H-pyrrole nitrogens is 1. The number of anilines is 1. The number of hydrogen-bond donors (Lipinski definition) is 3. The van der Waals surface area contributed by atoms with Crippen LogP contribution in [0.25, 0.3) is 10.9 Å². The summed E-state index contributed by atoms with van der Waals surface area (Å²) in [7, 11) is 0. The molecule has 8 heteroatoms. The summed E-state index contributed by atoms with van der Waals surface area (Å²) in [5, 5.41) is 3.70. The molecule has 1 atom stereocenters. The second-order valence-electron chi connectivity index (χ2n) is 9.94. The largest absolute Gasteiger partial charge is 0.444 e.